The number of fused-ring (bicyclic) bond motifs is 1. The molecule has 0 spiro atoms. The maximum atomic E-state index is 10.7. The molecule has 2 atom stereocenters. The fraction of sp³-hybridized carbons (Fsp3) is 0.625. The normalized spacial score (nSPS) is 27.2. The first-order chi connectivity index (χ1) is 9.66. The van der Waals surface area contributed by atoms with Crippen LogP contribution in [0.3, 0.4) is 0 Å². The topological polar surface area (TPSA) is 32.7 Å². The summed E-state index contributed by atoms with van der Waals surface area (Å²) in [5.74, 6) is 0.759. The van der Waals surface area contributed by atoms with Gasteiger partial charge >= 0.3 is 0 Å². The van der Waals surface area contributed by atoms with Crippen molar-refractivity contribution in [2.75, 3.05) is 13.7 Å². The van der Waals surface area contributed by atoms with E-state index >= 15 is 0 Å². The molecule has 1 aliphatic carbocycles. The predicted octanol–water partition coefficient (Wildman–Crippen LogP) is 3.40. The van der Waals surface area contributed by atoms with Gasteiger partial charge < -0.3 is 9.84 Å². The van der Waals surface area contributed by atoms with Crippen LogP contribution in [-0.2, 0) is 0 Å². The number of nitrogens with zero attached hydrogens (tertiary/aromatic N) is 1. The molecule has 1 heterocycles. The van der Waals surface area contributed by atoms with Gasteiger partial charge in [-0.2, -0.15) is 0 Å². The second-order valence-electron chi connectivity index (χ2n) is 5.96. The molecule has 0 bridgehead atoms. The van der Waals surface area contributed by atoms with E-state index in [9.17, 15) is 5.11 Å². The van der Waals surface area contributed by atoms with Crippen molar-refractivity contribution in [1.82, 2.24) is 4.90 Å². The Bertz CT molecular complexity index is 474. The minimum absolute atomic E-state index is 0.0177. The molecule has 3 rings (SSSR count). The SMILES string of the molecule is CN(C1CCCCC1)C1COc2ccc(Cl)cc2C1O. The third kappa shape index (κ3) is 2.67. The van der Waals surface area contributed by atoms with E-state index in [1.807, 2.05) is 12.1 Å². The molecular weight excluding hydrogens is 274 g/mol. The zero-order valence-electron chi connectivity index (χ0n) is 11.9. The molecule has 4 heteroatoms. The number of likely N-dealkylation sites (N-methyl/N-ethyl adjacent to an activating group) is 1. The fourth-order valence-corrected chi connectivity index (χ4v) is 3.64. The first-order valence-electron chi connectivity index (χ1n) is 7.49. The van der Waals surface area contributed by atoms with Crippen LogP contribution < -0.4 is 4.74 Å². The summed E-state index contributed by atoms with van der Waals surface area (Å²) in [4.78, 5) is 2.31. The maximum absolute atomic E-state index is 10.7. The van der Waals surface area contributed by atoms with E-state index in [2.05, 4.69) is 11.9 Å². The van der Waals surface area contributed by atoms with Crippen molar-refractivity contribution < 1.29 is 9.84 Å². The number of hydrogen-bond donors (Lipinski definition) is 1. The molecule has 2 aliphatic rings. The average Bonchev–Trinajstić information content (AvgIpc) is 2.48. The monoisotopic (exact) mass is 295 g/mol. The van der Waals surface area contributed by atoms with Gasteiger partial charge in [-0.1, -0.05) is 30.9 Å². The third-order valence-electron chi connectivity index (χ3n) is 4.74. The largest absolute Gasteiger partial charge is 0.491 e. The first-order valence-corrected chi connectivity index (χ1v) is 7.87. The van der Waals surface area contributed by atoms with Crippen LogP contribution in [0.15, 0.2) is 18.2 Å². The summed E-state index contributed by atoms with van der Waals surface area (Å²) < 4.78 is 5.81. The summed E-state index contributed by atoms with van der Waals surface area (Å²) in [6.07, 6.45) is 5.85. The van der Waals surface area contributed by atoms with Crippen LogP contribution in [0, 0.1) is 0 Å². The van der Waals surface area contributed by atoms with Gasteiger partial charge in [-0.15, -0.1) is 0 Å². The molecule has 20 heavy (non-hydrogen) atoms. The predicted molar refractivity (Wildman–Crippen MR) is 80.3 cm³/mol. The molecule has 2 unspecified atom stereocenters. The number of aliphatic hydroxyl groups excluding tert-OH is 1. The highest BCUT2D eigenvalue weighted by molar-refractivity contribution is 6.30. The van der Waals surface area contributed by atoms with Gasteiger partial charge in [0, 0.05) is 16.6 Å². The van der Waals surface area contributed by atoms with Gasteiger partial charge in [0.1, 0.15) is 18.5 Å². The van der Waals surface area contributed by atoms with E-state index in [-0.39, 0.29) is 6.04 Å². The molecule has 1 saturated carbocycles. The summed E-state index contributed by atoms with van der Waals surface area (Å²) >= 11 is 6.04. The smallest absolute Gasteiger partial charge is 0.125 e. The van der Waals surface area contributed by atoms with Gasteiger partial charge in [0.15, 0.2) is 0 Å². The summed E-state index contributed by atoms with van der Waals surface area (Å²) in [6, 6.07) is 6.05. The van der Waals surface area contributed by atoms with E-state index in [0.29, 0.717) is 17.7 Å². The van der Waals surface area contributed by atoms with E-state index in [4.69, 9.17) is 16.3 Å². The second-order valence-corrected chi connectivity index (χ2v) is 6.40. The molecule has 1 aromatic carbocycles. The molecule has 1 fully saturated rings. The van der Waals surface area contributed by atoms with Crippen molar-refractivity contribution in [2.24, 2.45) is 0 Å². The van der Waals surface area contributed by atoms with Gasteiger partial charge in [-0.3, -0.25) is 4.90 Å². The fourth-order valence-electron chi connectivity index (χ4n) is 3.45. The Morgan fingerprint density at radius 3 is 2.75 bits per heavy atom. The number of hydrogen-bond acceptors (Lipinski definition) is 3. The number of ether oxygens (including phenoxy) is 1. The lowest BCUT2D eigenvalue weighted by Gasteiger charge is -2.41. The minimum atomic E-state index is -0.524. The summed E-state index contributed by atoms with van der Waals surface area (Å²) in [5, 5.41) is 11.3. The number of rotatable bonds is 2. The maximum Gasteiger partial charge on any atom is 0.125 e. The van der Waals surface area contributed by atoms with Crippen molar-refractivity contribution in [3.63, 3.8) is 0 Å². The van der Waals surface area contributed by atoms with Gasteiger partial charge in [0.25, 0.3) is 0 Å². The van der Waals surface area contributed by atoms with Crippen molar-refractivity contribution >= 4 is 11.6 Å². The molecule has 3 nitrogen and oxygen atoms in total. The van der Waals surface area contributed by atoms with E-state index in [1.54, 1.807) is 6.07 Å². The Morgan fingerprint density at radius 1 is 1.25 bits per heavy atom. The molecule has 0 radical (unpaired) electrons. The van der Waals surface area contributed by atoms with Crippen molar-refractivity contribution in [3.8, 4) is 5.75 Å². The summed E-state index contributed by atoms with van der Waals surface area (Å²) in [5.41, 5.74) is 0.816. The lowest BCUT2D eigenvalue weighted by Crippen LogP contribution is -2.49. The van der Waals surface area contributed by atoms with E-state index in [1.165, 1.54) is 32.1 Å². The molecular formula is C16H22ClNO2. The zero-order valence-corrected chi connectivity index (χ0v) is 12.6. The molecule has 1 aliphatic heterocycles. The van der Waals surface area contributed by atoms with E-state index < -0.39 is 6.10 Å². The first kappa shape index (κ1) is 14.2. The Labute approximate surface area is 125 Å². The molecule has 110 valence electrons. The Balaban J connectivity index is 1.78. The lowest BCUT2D eigenvalue weighted by molar-refractivity contribution is -0.00992. The van der Waals surface area contributed by atoms with Crippen LogP contribution in [0.5, 0.6) is 5.75 Å². The van der Waals surface area contributed by atoms with Gasteiger partial charge in [-0.25, -0.2) is 0 Å². The average molecular weight is 296 g/mol. The third-order valence-corrected chi connectivity index (χ3v) is 4.97. The number of halogens is 1. The second kappa shape index (κ2) is 5.92. The van der Waals surface area contributed by atoms with Crippen molar-refractivity contribution in [1.29, 1.82) is 0 Å². The number of benzene rings is 1. The minimum Gasteiger partial charge on any atom is -0.491 e. The van der Waals surface area contributed by atoms with Crippen LogP contribution in [0.1, 0.15) is 43.8 Å². The Hall–Kier alpha value is -0.770. The van der Waals surface area contributed by atoms with Gasteiger partial charge in [0.2, 0.25) is 0 Å². The van der Waals surface area contributed by atoms with Crippen molar-refractivity contribution in [2.45, 2.75) is 50.3 Å². The van der Waals surface area contributed by atoms with Gasteiger partial charge in [-0.05, 0) is 38.1 Å². The quantitative estimate of drug-likeness (QED) is 0.908. The van der Waals surface area contributed by atoms with Crippen LogP contribution in [0.25, 0.3) is 0 Å². The molecule has 1 aromatic rings. The van der Waals surface area contributed by atoms with Gasteiger partial charge in [0.05, 0.1) is 6.04 Å². The highest BCUT2D eigenvalue weighted by Gasteiger charge is 2.35. The van der Waals surface area contributed by atoms with Crippen LogP contribution in [0.4, 0.5) is 0 Å². The number of aliphatic hydroxyl groups is 1. The highest BCUT2D eigenvalue weighted by atomic mass is 35.5. The molecule has 0 saturated heterocycles. The molecule has 0 amide bonds. The Kier molecular flexibility index (Phi) is 4.20. The van der Waals surface area contributed by atoms with E-state index in [0.717, 1.165) is 11.3 Å². The zero-order chi connectivity index (χ0) is 14.1. The summed E-state index contributed by atoms with van der Waals surface area (Å²) in [6.45, 7) is 0.544. The van der Waals surface area contributed by atoms with Crippen molar-refractivity contribution in [3.05, 3.63) is 28.8 Å². The standard InChI is InChI=1S/C16H22ClNO2/c1-18(12-5-3-2-4-6-12)14-10-20-15-8-7-11(17)9-13(15)16(14)19/h7-9,12,14,16,19H,2-6,10H2,1H3. The highest BCUT2D eigenvalue weighted by Crippen LogP contribution is 2.37. The Morgan fingerprint density at radius 2 is 2.00 bits per heavy atom. The van der Waals surface area contributed by atoms with Crippen LogP contribution in [0.2, 0.25) is 5.02 Å². The van der Waals surface area contributed by atoms with Crippen LogP contribution in [-0.4, -0.2) is 35.7 Å². The molecule has 0 aromatic heterocycles. The van der Waals surface area contributed by atoms with Crippen LogP contribution >= 0.6 is 11.6 Å². The molecule has 1 N–H and O–H groups in total. The summed E-state index contributed by atoms with van der Waals surface area (Å²) in [7, 11) is 2.11. The lowest BCUT2D eigenvalue weighted by atomic mass is 9.91.